The van der Waals surface area contributed by atoms with Gasteiger partial charge in [-0.25, -0.2) is 9.71 Å². The lowest BCUT2D eigenvalue weighted by Crippen LogP contribution is -2.78. The van der Waals surface area contributed by atoms with Gasteiger partial charge < -0.3 is 0 Å². The Hall–Kier alpha value is -2.99. The summed E-state index contributed by atoms with van der Waals surface area (Å²) in [5.41, 5.74) is 1.22. The van der Waals surface area contributed by atoms with Gasteiger partial charge >= 0.3 is 10.0 Å². The van der Waals surface area contributed by atoms with Crippen molar-refractivity contribution in [2.45, 2.75) is 4.90 Å². The van der Waals surface area contributed by atoms with Gasteiger partial charge in [-0.1, -0.05) is 36.4 Å². The van der Waals surface area contributed by atoms with E-state index >= 15 is 0 Å². The van der Waals surface area contributed by atoms with Crippen molar-refractivity contribution in [3.8, 4) is 0 Å². The molecule has 4 nitrogen and oxygen atoms in total. The third-order valence-electron chi connectivity index (χ3n) is 3.47. The zero-order valence-corrected chi connectivity index (χ0v) is 14.0. The van der Waals surface area contributed by atoms with Crippen LogP contribution in [0.3, 0.4) is 0 Å². The molecule has 0 aliphatic carbocycles. The molecule has 0 fully saturated rings. The van der Waals surface area contributed by atoms with Crippen LogP contribution in [0.15, 0.2) is 89.8 Å². The highest BCUT2D eigenvalue weighted by molar-refractivity contribution is 7.84. The van der Waals surface area contributed by atoms with Crippen molar-refractivity contribution in [1.29, 1.82) is 0 Å². The quantitative estimate of drug-likeness (QED) is 0.557. The largest absolute Gasteiger partial charge is 0.328 e. The second kappa shape index (κ2) is 7.27. The van der Waals surface area contributed by atoms with Crippen LogP contribution in [0, 0.1) is 5.82 Å². The van der Waals surface area contributed by atoms with Gasteiger partial charge in [0.05, 0.1) is 5.56 Å². The van der Waals surface area contributed by atoms with Gasteiger partial charge in [-0.15, -0.1) is 0 Å². The summed E-state index contributed by atoms with van der Waals surface area (Å²) in [5.74, 6) is -0.149. The van der Waals surface area contributed by atoms with E-state index in [1.54, 1.807) is 30.3 Å². The highest BCUT2D eigenvalue weighted by Gasteiger charge is 2.20. The lowest BCUT2D eigenvalue weighted by Gasteiger charge is -2.05. The minimum absolute atomic E-state index is 0.143. The molecule has 3 rings (SSSR count). The van der Waals surface area contributed by atoms with Crippen LogP contribution in [-0.2, 0) is 10.0 Å². The molecule has 0 aliphatic rings. The number of hydrogen-bond donors (Lipinski definition) is 2. The Labute approximate surface area is 145 Å². The Morgan fingerprint density at radius 1 is 0.800 bits per heavy atom. The van der Waals surface area contributed by atoms with Gasteiger partial charge in [0, 0.05) is 0 Å². The SMILES string of the molecule is O=S(=O)([NH+]=C(Nc1ccccc1)c1ccc(F)cc1)c1ccccc1. The van der Waals surface area contributed by atoms with Gasteiger partial charge in [-0.2, -0.15) is 12.8 Å². The molecule has 0 aliphatic heterocycles. The molecule has 25 heavy (non-hydrogen) atoms. The van der Waals surface area contributed by atoms with Crippen molar-refractivity contribution in [3.63, 3.8) is 0 Å². The molecule has 0 radical (unpaired) electrons. The zero-order valence-electron chi connectivity index (χ0n) is 13.2. The smallest absolute Gasteiger partial charge is 0.240 e. The fraction of sp³-hybridized carbons (Fsp3) is 0. The lowest BCUT2D eigenvalue weighted by molar-refractivity contribution is -0.266. The maximum absolute atomic E-state index is 13.2. The lowest BCUT2D eigenvalue weighted by atomic mass is 10.2. The average molecular weight is 355 g/mol. The van der Waals surface area contributed by atoms with E-state index in [1.165, 1.54) is 36.4 Å². The number of anilines is 1. The molecule has 0 aromatic heterocycles. The molecule has 0 heterocycles. The number of sulfonamides is 1. The van der Waals surface area contributed by atoms with Crippen LogP contribution in [0.5, 0.6) is 0 Å². The Balaban J connectivity index is 2.05. The Morgan fingerprint density at radius 3 is 1.96 bits per heavy atom. The molecule has 2 N–H and O–H groups in total. The van der Waals surface area contributed by atoms with E-state index in [0.29, 0.717) is 11.3 Å². The number of halogens is 1. The van der Waals surface area contributed by atoms with E-state index in [-0.39, 0.29) is 10.7 Å². The third kappa shape index (κ3) is 4.30. The number of nitrogens with one attached hydrogen (secondary N) is 2. The van der Waals surface area contributed by atoms with Gasteiger partial charge in [-0.3, -0.25) is 0 Å². The summed E-state index contributed by atoms with van der Waals surface area (Å²) >= 11 is 0. The highest BCUT2D eigenvalue weighted by Crippen LogP contribution is 2.09. The van der Waals surface area contributed by atoms with Crippen LogP contribution in [0.4, 0.5) is 10.1 Å². The minimum atomic E-state index is -3.78. The maximum Gasteiger partial charge on any atom is 0.328 e. The van der Waals surface area contributed by atoms with Gasteiger partial charge in [0.25, 0.3) is 5.84 Å². The summed E-state index contributed by atoms with van der Waals surface area (Å²) < 4.78 is 41.0. The van der Waals surface area contributed by atoms with Crippen molar-refractivity contribution in [1.82, 2.24) is 0 Å². The number of benzene rings is 3. The van der Waals surface area contributed by atoms with Crippen LogP contribution in [0.2, 0.25) is 0 Å². The molecule has 0 spiro atoms. The van der Waals surface area contributed by atoms with Crippen LogP contribution in [0.1, 0.15) is 5.56 Å². The molecule has 0 bridgehead atoms. The number of para-hydroxylation sites is 1. The van der Waals surface area contributed by atoms with Crippen molar-refractivity contribution in [2.24, 2.45) is 0 Å². The average Bonchev–Trinajstić information content (AvgIpc) is 2.63. The van der Waals surface area contributed by atoms with E-state index in [2.05, 4.69) is 9.71 Å². The third-order valence-corrected chi connectivity index (χ3v) is 4.83. The molecule has 6 heteroatoms. The molecule has 126 valence electrons. The van der Waals surface area contributed by atoms with Crippen LogP contribution in [0.25, 0.3) is 0 Å². The van der Waals surface area contributed by atoms with Gasteiger partial charge in [-0.05, 0) is 48.5 Å². The summed E-state index contributed by atoms with van der Waals surface area (Å²) in [6, 6.07) is 22.8. The normalized spacial score (nSPS) is 12.0. The molecule has 3 aromatic carbocycles. The molecule has 0 amide bonds. The molecule has 0 atom stereocenters. The second-order valence-corrected chi connectivity index (χ2v) is 6.97. The Kier molecular flexibility index (Phi) is 4.90. The first-order valence-corrected chi connectivity index (χ1v) is 9.06. The first kappa shape index (κ1) is 16.9. The fourth-order valence-corrected chi connectivity index (χ4v) is 3.30. The number of amidine groups is 1. The summed E-state index contributed by atoms with van der Waals surface area (Å²) in [6.07, 6.45) is 0. The monoisotopic (exact) mass is 355 g/mol. The van der Waals surface area contributed by atoms with E-state index < -0.39 is 15.8 Å². The fourth-order valence-electron chi connectivity index (χ4n) is 2.23. The topological polar surface area (TPSA) is 60.1 Å². The van der Waals surface area contributed by atoms with Gasteiger partial charge in [0.1, 0.15) is 16.4 Å². The second-order valence-electron chi connectivity index (χ2n) is 5.29. The van der Waals surface area contributed by atoms with E-state index in [0.717, 1.165) is 0 Å². The van der Waals surface area contributed by atoms with Crippen molar-refractivity contribution in [3.05, 3.63) is 96.3 Å². The van der Waals surface area contributed by atoms with E-state index in [4.69, 9.17) is 0 Å². The first-order chi connectivity index (χ1) is 12.0. The standard InChI is InChI=1S/C19H15FN2O2S/c20-16-13-11-15(12-14-16)19(21-17-7-3-1-4-8-17)22-25(23,24)18-9-5-2-6-10-18/h1-14H,(H,21,22)/p+1. The minimum Gasteiger partial charge on any atom is -0.240 e. The zero-order chi connectivity index (χ0) is 17.7. The highest BCUT2D eigenvalue weighted by atomic mass is 32.2. The molecule has 3 aromatic rings. The molecule has 0 unspecified atom stereocenters. The van der Waals surface area contributed by atoms with Crippen LogP contribution in [-0.4, -0.2) is 14.3 Å². The molecule has 0 saturated heterocycles. The van der Waals surface area contributed by atoms with Gasteiger partial charge in [0.15, 0.2) is 0 Å². The van der Waals surface area contributed by atoms with Gasteiger partial charge in [0.2, 0.25) is 0 Å². The Bertz CT molecular complexity index is 971. The summed E-state index contributed by atoms with van der Waals surface area (Å²) in [5, 5.41) is 3.04. The summed E-state index contributed by atoms with van der Waals surface area (Å²) in [6.45, 7) is 0. The predicted octanol–water partition coefficient (Wildman–Crippen LogP) is 2.15. The first-order valence-electron chi connectivity index (χ1n) is 7.57. The molecular weight excluding hydrogens is 339 g/mol. The van der Waals surface area contributed by atoms with Crippen LogP contribution < -0.4 is 9.71 Å². The Morgan fingerprint density at radius 2 is 1.36 bits per heavy atom. The molecule has 0 saturated carbocycles. The molecular formula is C19H16FN2O2S+. The van der Waals surface area contributed by atoms with Crippen molar-refractivity contribution < 1.29 is 17.2 Å². The summed E-state index contributed by atoms with van der Waals surface area (Å²) in [7, 11) is -3.78. The van der Waals surface area contributed by atoms with E-state index in [1.807, 2.05) is 18.2 Å². The number of hydrogen-bond acceptors (Lipinski definition) is 2. The summed E-state index contributed by atoms with van der Waals surface area (Å²) in [4.78, 5) is 0.143. The maximum atomic E-state index is 13.2. The van der Waals surface area contributed by atoms with Crippen molar-refractivity contribution in [2.75, 3.05) is 5.32 Å². The van der Waals surface area contributed by atoms with E-state index in [9.17, 15) is 12.8 Å². The number of rotatable bonds is 4. The van der Waals surface area contributed by atoms with Crippen LogP contribution >= 0.6 is 0 Å². The predicted molar refractivity (Wildman–Crippen MR) is 95.2 cm³/mol. The van der Waals surface area contributed by atoms with Crippen molar-refractivity contribution >= 4 is 21.5 Å².